The van der Waals surface area contributed by atoms with Crippen LogP contribution in [0.2, 0.25) is 0 Å². The number of rotatable bonds is 2. The highest BCUT2D eigenvalue weighted by molar-refractivity contribution is 5.52. The number of hydrogen-bond donors (Lipinski definition) is 1. The maximum atomic E-state index is 5.72. The Morgan fingerprint density at radius 1 is 1.54 bits per heavy atom. The molecule has 2 N–H and O–H groups in total. The Hall–Kier alpha value is -1.15. The van der Waals surface area contributed by atoms with Crippen LogP contribution in [0.1, 0.15) is 25.1 Å². The van der Waals surface area contributed by atoms with E-state index in [0.717, 1.165) is 11.3 Å². The summed E-state index contributed by atoms with van der Waals surface area (Å²) >= 11 is 0. The second-order valence-corrected chi connectivity index (χ2v) is 3.41. The summed E-state index contributed by atoms with van der Waals surface area (Å²) in [6.45, 7) is 5.99. The van der Waals surface area contributed by atoms with E-state index in [-0.39, 0.29) is 6.04 Å². The Kier molecular flexibility index (Phi) is 3.20. The topological polar surface area (TPSA) is 38.9 Å². The molecular weight excluding hydrogens is 160 g/mol. The second kappa shape index (κ2) is 4.19. The molecule has 0 fully saturated rings. The SMILES string of the molecule is C/C(=C\c1ccc(C)nc1)C(C)N. The third-order valence-electron chi connectivity index (χ3n) is 2.05. The van der Waals surface area contributed by atoms with Gasteiger partial charge in [-0.3, -0.25) is 4.98 Å². The van der Waals surface area contributed by atoms with Crippen molar-refractivity contribution in [2.75, 3.05) is 0 Å². The predicted octanol–water partition coefficient (Wildman–Crippen LogP) is 2.14. The van der Waals surface area contributed by atoms with Crippen molar-refractivity contribution in [1.82, 2.24) is 4.98 Å². The van der Waals surface area contributed by atoms with Gasteiger partial charge in [0, 0.05) is 17.9 Å². The van der Waals surface area contributed by atoms with Gasteiger partial charge in [0.2, 0.25) is 0 Å². The van der Waals surface area contributed by atoms with Gasteiger partial charge in [-0.05, 0) is 32.4 Å². The van der Waals surface area contributed by atoms with Crippen LogP contribution in [0.15, 0.2) is 23.9 Å². The van der Waals surface area contributed by atoms with Crippen molar-refractivity contribution >= 4 is 6.08 Å². The van der Waals surface area contributed by atoms with Crippen LogP contribution in [0.4, 0.5) is 0 Å². The van der Waals surface area contributed by atoms with Crippen LogP contribution in [-0.2, 0) is 0 Å². The molecule has 1 atom stereocenters. The summed E-state index contributed by atoms with van der Waals surface area (Å²) in [6.07, 6.45) is 3.93. The van der Waals surface area contributed by atoms with Gasteiger partial charge in [0.15, 0.2) is 0 Å². The number of aromatic nitrogens is 1. The van der Waals surface area contributed by atoms with Gasteiger partial charge in [0.25, 0.3) is 0 Å². The Bertz CT molecular complexity index is 296. The first-order valence-electron chi connectivity index (χ1n) is 4.46. The average molecular weight is 176 g/mol. The minimum atomic E-state index is 0.112. The highest BCUT2D eigenvalue weighted by Gasteiger charge is 1.96. The maximum absolute atomic E-state index is 5.72. The molecule has 2 nitrogen and oxygen atoms in total. The molecular formula is C11H16N2. The van der Waals surface area contributed by atoms with Gasteiger partial charge in [-0.15, -0.1) is 0 Å². The van der Waals surface area contributed by atoms with Crippen molar-refractivity contribution in [2.24, 2.45) is 5.73 Å². The van der Waals surface area contributed by atoms with Crippen molar-refractivity contribution in [3.63, 3.8) is 0 Å². The minimum Gasteiger partial charge on any atom is -0.324 e. The molecule has 0 amide bonds. The molecule has 0 saturated carbocycles. The average Bonchev–Trinajstić information content (AvgIpc) is 2.08. The lowest BCUT2D eigenvalue weighted by molar-refractivity contribution is 0.868. The smallest absolute Gasteiger partial charge is 0.0373 e. The molecule has 2 heteroatoms. The zero-order valence-electron chi connectivity index (χ0n) is 8.41. The van der Waals surface area contributed by atoms with Gasteiger partial charge < -0.3 is 5.73 Å². The zero-order valence-corrected chi connectivity index (χ0v) is 8.41. The lowest BCUT2D eigenvalue weighted by Gasteiger charge is -2.04. The molecule has 13 heavy (non-hydrogen) atoms. The van der Waals surface area contributed by atoms with Gasteiger partial charge in [0.05, 0.1) is 0 Å². The molecule has 0 bridgehead atoms. The Morgan fingerprint density at radius 2 is 2.23 bits per heavy atom. The lowest BCUT2D eigenvalue weighted by atomic mass is 10.1. The molecule has 1 unspecified atom stereocenters. The van der Waals surface area contributed by atoms with E-state index >= 15 is 0 Å². The molecule has 1 heterocycles. The Labute approximate surface area is 79.5 Å². The summed E-state index contributed by atoms with van der Waals surface area (Å²) in [7, 11) is 0. The third-order valence-corrected chi connectivity index (χ3v) is 2.05. The number of pyridine rings is 1. The first kappa shape index (κ1) is 9.93. The summed E-state index contributed by atoms with van der Waals surface area (Å²) in [5.41, 5.74) is 9.05. The van der Waals surface area contributed by atoms with E-state index in [1.807, 2.05) is 39.1 Å². The highest BCUT2D eigenvalue weighted by Crippen LogP contribution is 2.07. The molecule has 0 spiro atoms. The van der Waals surface area contributed by atoms with E-state index in [1.54, 1.807) is 0 Å². The summed E-state index contributed by atoms with van der Waals surface area (Å²) in [5.74, 6) is 0. The van der Waals surface area contributed by atoms with Crippen molar-refractivity contribution in [3.8, 4) is 0 Å². The normalized spacial score (nSPS) is 14.3. The summed E-state index contributed by atoms with van der Waals surface area (Å²) in [5, 5.41) is 0. The summed E-state index contributed by atoms with van der Waals surface area (Å²) in [4.78, 5) is 4.21. The number of nitrogens with two attached hydrogens (primary N) is 1. The molecule has 0 aromatic carbocycles. The van der Waals surface area contributed by atoms with Gasteiger partial charge in [0.1, 0.15) is 0 Å². The van der Waals surface area contributed by atoms with Gasteiger partial charge >= 0.3 is 0 Å². The highest BCUT2D eigenvalue weighted by atomic mass is 14.7. The van der Waals surface area contributed by atoms with Gasteiger partial charge in [-0.25, -0.2) is 0 Å². The second-order valence-electron chi connectivity index (χ2n) is 3.41. The molecule has 0 radical (unpaired) electrons. The number of aryl methyl sites for hydroxylation is 1. The third kappa shape index (κ3) is 2.99. The fourth-order valence-electron chi connectivity index (χ4n) is 0.959. The molecule has 0 saturated heterocycles. The van der Waals surface area contributed by atoms with Crippen molar-refractivity contribution in [3.05, 3.63) is 35.2 Å². The van der Waals surface area contributed by atoms with Crippen LogP contribution < -0.4 is 5.73 Å². The van der Waals surface area contributed by atoms with E-state index in [2.05, 4.69) is 11.1 Å². The predicted molar refractivity (Wildman–Crippen MR) is 56.3 cm³/mol. The molecule has 0 aliphatic heterocycles. The number of nitrogens with zero attached hydrogens (tertiary/aromatic N) is 1. The van der Waals surface area contributed by atoms with E-state index in [0.29, 0.717) is 0 Å². The van der Waals surface area contributed by atoms with Crippen LogP contribution in [0.5, 0.6) is 0 Å². The van der Waals surface area contributed by atoms with Crippen LogP contribution in [0.3, 0.4) is 0 Å². The maximum Gasteiger partial charge on any atom is 0.0373 e. The van der Waals surface area contributed by atoms with Crippen LogP contribution in [-0.4, -0.2) is 11.0 Å². The monoisotopic (exact) mass is 176 g/mol. The van der Waals surface area contributed by atoms with E-state index in [9.17, 15) is 0 Å². The van der Waals surface area contributed by atoms with Gasteiger partial charge in [-0.1, -0.05) is 17.7 Å². The quantitative estimate of drug-likeness (QED) is 0.749. The molecule has 1 rings (SSSR count). The number of hydrogen-bond acceptors (Lipinski definition) is 2. The summed E-state index contributed by atoms with van der Waals surface area (Å²) < 4.78 is 0. The lowest BCUT2D eigenvalue weighted by Crippen LogP contribution is -2.15. The van der Waals surface area contributed by atoms with Crippen LogP contribution >= 0.6 is 0 Å². The van der Waals surface area contributed by atoms with E-state index < -0.39 is 0 Å². The fraction of sp³-hybridized carbons (Fsp3) is 0.364. The first-order chi connectivity index (χ1) is 6.09. The minimum absolute atomic E-state index is 0.112. The molecule has 0 aliphatic rings. The Morgan fingerprint density at radius 3 is 2.69 bits per heavy atom. The fourth-order valence-corrected chi connectivity index (χ4v) is 0.959. The van der Waals surface area contributed by atoms with Crippen molar-refractivity contribution in [2.45, 2.75) is 26.8 Å². The van der Waals surface area contributed by atoms with Crippen LogP contribution in [0, 0.1) is 6.92 Å². The molecule has 1 aromatic rings. The van der Waals surface area contributed by atoms with Crippen molar-refractivity contribution in [1.29, 1.82) is 0 Å². The van der Waals surface area contributed by atoms with E-state index in [4.69, 9.17) is 5.73 Å². The first-order valence-corrected chi connectivity index (χ1v) is 4.46. The standard InChI is InChI=1S/C11H16N2/c1-8(10(3)12)6-11-5-4-9(2)13-7-11/h4-7,10H,12H2,1-3H3/b8-6+. The molecule has 70 valence electrons. The molecule has 1 aromatic heterocycles. The van der Waals surface area contributed by atoms with Crippen LogP contribution in [0.25, 0.3) is 6.08 Å². The molecule has 0 aliphatic carbocycles. The zero-order chi connectivity index (χ0) is 9.84. The van der Waals surface area contributed by atoms with Crippen molar-refractivity contribution < 1.29 is 0 Å². The summed E-state index contributed by atoms with van der Waals surface area (Å²) in [6, 6.07) is 4.16. The van der Waals surface area contributed by atoms with Gasteiger partial charge in [-0.2, -0.15) is 0 Å². The van der Waals surface area contributed by atoms with E-state index in [1.165, 1.54) is 5.57 Å². The largest absolute Gasteiger partial charge is 0.324 e. The Balaban J connectivity index is 2.85.